The monoisotopic (exact) mass is 431 g/mol. The second-order valence-corrected chi connectivity index (χ2v) is 8.52. The smallest absolute Gasteiger partial charge is 0.343 e. The topological polar surface area (TPSA) is 96.5 Å². The van der Waals surface area contributed by atoms with Gasteiger partial charge in [0, 0.05) is 17.8 Å². The molecule has 0 aromatic carbocycles. The molecule has 0 spiro atoms. The van der Waals surface area contributed by atoms with Crippen LogP contribution in [-0.4, -0.2) is 37.1 Å². The summed E-state index contributed by atoms with van der Waals surface area (Å²) in [4.78, 5) is 26.0. The van der Waals surface area contributed by atoms with Crippen LogP contribution >= 0.6 is 23.1 Å². The number of carbonyl (C=O) groups is 1. The molecular weight excluding hydrogens is 410 g/mol. The van der Waals surface area contributed by atoms with E-state index in [-0.39, 0.29) is 23.4 Å². The Morgan fingerprint density at radius 2 is 2.31 bits per heavy atom. The summed E-state index contributed by atoms with van der Waals surface area (Å²) in [5, 5.41) is 15.2. The van der Waals surface area contributed by atoms with Crippen LogP contribution in [0.3, 0.4) is 0 Å². The molecule has 1 atom stereocenters. The first kappa shape index (κ1) is 19.7. The zero-order valence-corrected chi connectivity index (χ0v) is 17.5. The van der Waals surface area contributed by atoms with Crippen molar-refractivity contribution in [1.82, 2.24) is 19.8 Å². The normalized spacial score (nSPS) is 16.4. The average molecular weight is 432 g/mol. The molecule has 3 aromatic heterocycles. The maximum atomic E-state index is 13.0. The molecule has 0 bridgehead atoms. The zero-order valence-electron chi connectivity index (χ0n) is 15.9. The van der Waals surface area contributed by atoms with E-state index in [0.717, 1.165) is 23.4 Å². The Balaban J connectivity index is 1.51. The van der Waals surface area contributed by atoms with Gasteiger partial charge in [0.1, 0.15) is 11.5 Å². The fourth-order valence-electron chi connectivity index (χ4n) is 3.15. The van der Waals surface area contributed by atoms with Crippen molar-refractivity contribution < 1.29 is 9.21 Å². The van der Waals surface area contributed by atoms with Crippen molar-refractivity contribution in [2.45, 2.75) is 43.9 Å². The molecule has 0 saturated heterocycles. The lowest BCUT2D eigenvalue weighted by Crippen LogP contribution is -2.28. The lowest BCUT2D eigenvalue weighted by atomic mass is 10.1. The third kappa shape index (κ3) is 4.23. The number of thiophene rings is 1. The molecule has 1 N–H and O–H groups in total. The standard InChI is InChI=1S/C19H21N5O3S2/c1-2-3-8-23-18(26)20-21-19(23)29-12-17(25)24-14(16-7-5-10-28-16)11-13(22-24)15-6-4-9-27-15/h4-7,9-10,14H,2-3,8,11-12H2,1H3,(H,20,26). The van der Waals surface area contributed by atoms with E-state index in [9.17, 15) is 9.59 Å². The molecule has 152 valence electrons. The summed E-state index contributed by atoms with van der Waals surface area (Å²) in [7, 11) is 0. The number of aromatic nitrogens is 3. The SMILES string of the molecule is CCCCn1c(SCC(=O)N2N=C(c3ccco3)CC2c2cccs2)n[nH]c1=O. The van der Waals surface area contributed by atoms with Crippen molar-refractivity contribution in [3.63, 3.8) is 0 Å². The highest BCUT2D eigenvalue weighted by molar-refractivity contribution is 7.99. The van der Waals surface area contributed by atoms with Gasteiger partial charge < -0.3 is 4.42 Å². The molecule has 4 heterocycles. The molecule has 0 aliphatic carbocycles. The molecule has 1 amide bonds. The Bertz CT molecular complexity index is 1040. The van der Waals surface area contributed by atoms with Crippen LogP contribution in [0.4, 0.5) is 0 Å². The lowest BCUT2D eigenvalue weighted by molar-refractivity contribution is -0.130. The summed E-state index contributed by atoms with van der Waals surface area (Å²) in [6.07, 6.45) is 4.06. The predicted octanol–water partition coefficient (Wildman–Crippen LogP) is 3.50. The third-order valence-electron chi connectivity index (χ3n) is 4.63. The maximum Gasteiger partial charge on any atom is 0.343 e. The van der Waals surface area contributed by atoms with Gasteiger partial charge in [0.25, 0.3) is 5.91 Å². The lowest BCUT2D eigenvalue weighted by Gasteiger charge is -2.20. The van der Waals surface area contributed by atoms with Crippen LogP contribution in [-0.2, 0) is 11.3 Å². The molecule has 1 aliphatic heterocycles. The Morgan fingerprint density at radius 1 is 1.41 bits per heavy atom. The molecule has 3 aromatic rings. The van der Waals surface area contributed by atoms with Crippen molar-refractivity contribution in [2.75, 3.05) is 5.75 Å². The molecule has 0 fully saturated rings. The molecule has 29 heavy (non-hydrogen) atoms. The number of rotatable bonds is 8. The third-order valence-corrected chi connectivity index (χ3v) is 6.56. The number of unbranched alkanes of at least 4 members (excludes halogenated alkanes) is 1. The molecule has 10 heteroatoms. The van der Waals surface area contributed by atoms with Gasteiger partial charge in [0.2, 0.25) is 0 Å². The van der Waals surface area contributed by atoms with E-state index in [1.807, 2.05) is 29.6 Å². The van der Waals surface area contributed by atoms with Crippen molar-refractivity contribution >= 4 is 34.7 Å². The Hall–Kier alpha value is -2.59. The van der Waals surface area contributed by atoms with E-state index in [1.54, 1.807) is 22.2 Å². The number of thioether (sulfide) groups is 1. The highest BCUT2D eigenvalue weighted by Crippen LogP contribution is 2.35. The molecular formula is C19H21N5O3S2. The van der Waals surface area contributed by atoms with Gasteiger partial charge in [-0.2, -0.15) is 5.10 Å². The van der Waals surface area contributed by atoms with Crippen molar-refractivity contribution in [1.29, 1.82) is 0 Å². The number of hydrogen-bond donors (Lipinski definition) is 1. The highest BCUT2D eigenvalue weighted by atomic mass is 32.2. The maximum absolute atomic E-state index is 13.0. The second kappa shape index (κ2) is 8.83. The molecule has 1 aliphatic rings. The minimum absolute atomic E-state index is 0.132. The number of nitrogens with zero attached hydrogens (tertiary/aromatic N) is 4. The van der Waals surface area contributed by atoms with Gasteiger partial charge in [-0.3, -0.25) is 9.36 Å². The van der Waals surface area contributed by atoms with Gasteiger partial charge in [0.15, 0.2) is 5.16 Å². The fraction of sp³-hybridized carbons (Fsp3) is 0.368. The molecule has 8 nitrogen and oxygen atoms in total. The van der Waals surface area contributed by atoms with Crippen molar-refractivity contribution in [2.24, 2.45) is 5.10 Å². The van der Waals surface area contributed by atoms with E-state index in [2.05, 4.69) is 22.2 Å². The number of amides is 1. The van der Waals surface area contributed by atoms with E-state index in [0.29, 0.717) is 23.9 Å². The quantitative estimate of drug-likeness (QED) is 0.551. The van der Waals surface area contributed by atoms with Crippen LogP contribution in [0, 0.1) is 0 Å². The van der Waals surface area contributed by atoms with Crippen molar-refractivity contribution in [3.05, 3.63) is 57.0 Å². The van der Waals surface area contributed by atoms with E-state index < -0.39 is 0 Å². The first-order chi connectivity index (χ1) is 14.2. The van der Waals surface area contributed by atoms with Crippen LogP contribution in [0.2, 0.25) is 0 Å². The number of furan rings is 1. The summed E-state index contributed by atoms with van der Waals surface area (Å²) in [5.74, 6) is 0.690. The predicted molar refractivity (Wildman–Crippen MR) is 112 cm³/mol. The van der Waals surface area contributed by atoms with Gasteiger partial charge in [0.05, 0.1) is 18.1 Å². The first-order valence-corrected chi connectivity index (χ1v) is 11.3. The van der Waals surface area contributed by atoms with E-state index in [1.165, 1.54) is 16.8 Å². The van der Waals surface area contributed by atoms with Crippen LogP contribution in [0.25, 0.3) is 0 Å². The largest absolute Gasteiger partial charge is 0.463 e. The minimum Gasteiger partial charge on any atom is -0.463 e. The molecule has 4 rings (SSSR count). The van der Waals surface area contributed by atoms with Gasteiger partial charge >= 0.3 is 5.69 Å². The number of hydrazone groups is 1. The molecule has 0 radical (unpaired) electrons. The number of H-pyrrole nitrogens is 1. The summed E-state index contributed by atoms with van der Waals surface area (Å²) in [6, 6.07) is 7.50. The number of aromatic amines is 1. The van der Waals surface area contributed by atoms with Crippen LogP contribution in [0.5, 0.6) is 0 Å². The van der Waals surface area contributed by atoms with E-state index >= 15 is 0 Å². The zero-order chi connectivity index (χ0) is 20.2. The summed E-state index contributed by atoms with van der Waals surface area (Å²) in [6.45, 7) is 2.65. The van der Waals surface area contributed by atoms with Crippen LogP contribution in [0.15, 0.2) is 55.4 Å². The highest BCUT2D eigenvalue weighted by Gasteiger charge is 2.34. The Kier molecular flexibility index (Phi) is 6.00. The Labute approximate surface area is 175 Å². The van der Waals surface area contributed by atoms with Gasteiger partial charge in [-0.1, -0.05) is 31.2 Å². The number of hydrogen-bond acceptors (Lipinski definition) is 7. The summed E-state index contributed by atoms with van der Waals surface area (Å²) in [5.41, 5.74) is 0.510. The summed E-state index contributed by atoms with van der Waals surface area (Å²) < 4.78 is 7.06. The fourth-order valence-corrected chi connectivity index (χ4v) is 4.79. The van der Waals surface area contributed by atoms with Crippen molar-refractivity contribution in [3.8, 4) is 0 Å². The van der Waals surface area contributed by atoms with Gasteiger partial charge in [-0.25, -0.2) is 14.9 Å². The van der Waals surface area contributed by atoms with Gasteiger partial charge in [-0.05, 0) is 30.0 Å². The minimum atomic E-state index is -0.246. The number of nitrogens with one attached hydrogen (secondary N) is 1. The summed E-state index contributed by atoms with van der Waals surface area (Å²) >= 11 is 2.85. The molecule has 1 unspecified atom stereocenters. The Morgan fingerprint density at radius 3 is 3.03 bits per heavy atom. The first-order valence-electron chi connectivity index (χ1n) is 9.42. The van der Waals surface area contributed by atoms with Crippen LogP contribution < -0.4 is 5.69 Å². The number of carbonyl (C=O) groups excluding carboxylic acids is 1. The van der Waals surface area contributed by atoms with E-state index in [4.69, 9.17) is 4.42 Å². The molecule has 0 saturated carbocycles. The average Bonchev–Trinajstić information content (AvgIpc) is 3.51. The van der Waals surface area contributed by atoms with Gasteiger partial charge in [-0.15, -0.1) is 16.4 Å². The van der Waals surface area contributed by atoms with Crippen LogP contribution in [0.1, 0.15) is 42.9 Å². The second-order valence-electron chi connectivity index (χ2n) is 6.60.